The van der Waals surface area contributed by atoms with E-state index >= 15 is 0 Å². The van der Waals surface area contributed by atoms with Crippen molar-refractivity contribution >= 4 is 33.2 Å². The molecule has 1 fully saturated rings. The van der Waals surface area contributed by atoms with E-state index in [1.165, 1.54) is 43.0 Å². The van der Waals surface area contributed by atoms with Gasteiger partial charge in [-0.2, -0.15) is 0 Å². The number of anilines is 1. The van der Waals surface area contributed by atoms with E-state index in [-0.39, 0.29) is 21.4 Å². The lowest BCUT2D eigenvalue weighted by Gasteiger charge is -2.26. The molecule has 0 bridgehead atoms. The number of nitrogens with one attached hydrogen (secondary N) is 2. The highest BCUT2D eigenvalue weighted by Crippen LogP contribution is 2.27. The van der Waals surface area contributed by atoms with E-state index in [0.29, 0.717) is 12.2 Å². The predicted molar refractivity (Wildman–Crippen MR) is 145 cm³/mol. The number of rotatable bonds is 8. The number of hydrogen-bond acceptors (Lipinski definition) is 4. The van der Waals surface area contributed by atoms with E-state index in [9.17, 15) is 13.2 Å². The lowest BCUT2D eigenvalue weighted by Crippen LogP contribution is -2.29. The first-order chi connectivity index (χ1) is 17.2. The highest BCUT2D eigenvalue weighted by molar-refractivity contribution is 7.92. The first-order valence-electron chi connectivity index (χ1n) is 12.2. The summed E-state index contributed by atoms with van der Waals surface area (Å²) in [5.74, 6) is -0.365. The van der Waals surface area contributed by atoms with Gasteiger partial charge in [-0.25, -0.2) is 8.42 Å². The minimum absolute atomic E-state index is 0.0507. The number of aryl methyl sites for hydroxylation is 2. The van der Waals surface area contributed by atoms with Crippen molar-refractivity contribution in [2.75, 3.05) is 17.8 Å². The summed E-state index contributed by atoms with van der Waals surface area (Å²) < 4.78 is 28.8. The standard InChI is InChI=1S/C28H32ClN3O3S/c1-20-9-10-21(2)26(15-20)31-36(34,35)27-17-24(11-12-25(27)29)28(33)30-18-22-7-6-8-23(16-22)19-32-13-4-3-5-14-32/h6-12,15-17,31H,3-5,13-14,18-19H2,1-2H3,(H,30,33). The zero-order valence-electron chi connectivity index (χ0n) is 20.7. The Morgan fingerprint density at radius 2 is 1.69 bits per heavy atom. The average molecular weight is 526 g/mol. The van der Waals surface area contributed by atoms with Gasteiger partial charge in [0.15, 0.2) is 0 Å². The second-order valence-electron chi connectivity index (χ2n) is 9.41. The molecule has 0 aromatic heterocycles. The molecule has 3 aromatic rings. The summed E-state index contributed by atoms with van der Waals surface area (Å²) in [6.07, 6.45) is 3.79. The molecule has 1 saturated heterocycles. The number of nitrogens with zero attached hydrogens (tertiary/aromatic N) is 1. The molecule has 190 valence electrons. The lowest BCUT2D eigenvalue weighted by molar-refractivity contribution is 0.0950. The first-order valence-corrected chi connectivity index (χ1v) is 14.1. The predicted octanol–water partition coefficient (Wildman–Crippen LogP) is 5.67. The van der Waals surface area contributed by atoms with Crippen molar-refractivity contribution in [3.8, 4) is 0 Å². The van der Waals surface area contributed by atoms with Gasteiger partial charge < -0.3 is 5.32 Å². The van der Waals surface area contributed by atoms with Crippen LogP contribution >= 0.6 is 11.6 Å². The molecule has 1 aliphatic rings. The van der Waals surface area contributed by atoms with Crippen LogP contribution in [-0.4, -0.2) is 32.3 Å². The summed E-state index contributed by atoms with van der Waals surface area (Å²) in [7, 11) is -3.99. The minimum atomic E-state index is -3.99. The van der Waals surface area contributed by atoms with Crippen molar-refractivity contribution in [3.05, 3.63) is 93.5 Å². The molecule has 0 saturated carbocycles. The molecule has 4 rings (SSSR count). The number of benzene rings is 3. The number of piperidine rings is 1. The van der Waals surface area contributed by atoms with Crippen molar-refractivity contribution in [1.29, 1.82) is 0 Å². The summed E-state index contributed by atoms with van der Waals surface area (Å²) in [6.45, 7) is 7.22. The van der Waals surface area contributed by atoms with Gasteiger partial charge in [0.05, 0.1) is 10.7 Å². The molecule has 1 aliphatic heterocycles. The number of carbonyl (C=O) groups excluding carboxylic acids is 1. The normalized spacial score (nSPS) is 14.4. The number of halogens is 1. The van der Waals surface area contributed by atoms with Gasteiger partial charge in [-0.15, -0.1) is 0 Å². The van der Waals surface area contributed by atoms with Crippen molar-refractivity contribution in [1.82, 2.24) is 10.2 Å². The fraction of sp³-hybridized carbons (Fsp3) is 0.321. The Hall–Kier alpha value is -2.87. The van der Waals surface area contributed by atoms with Gasteiger partial charge in [0, 0.05) is 18.7 Å². The maximum atomic E-state index is 13.1. The number of hydrogen-bond donors (Lipinski definition) is 2. The SMILES string of the molecule is Cc1ccc(C)c(NS(=O)(=O)c2cc(C(=O)NCc3cccc(CN4CCCCC4)c3)ccc2Cl)c1. The molecule has 6 nitrogen and oxygen atoms in total. The highest BCUT2D eigenvalue weighted by Gasteiger charge is 2.21. The lowest BCUT2D eigenvalue weighted by atomic mass is 10.1. The second kappa shape index (κ2) is 11.5. The van der Waals surface area contributed by atoms with Gasteiger partial charge in [0.1, 0.15) is 4.90 Å². The quantitative estimate of drug-likeness (QED) is 0.397. The number of carbonyl (C=O) groups is 1. The third-order valence-electron chi connectivity index (χ3n) is 6.42. The maximum absolute atomic E-state index is 13.1. The van der Waals surface area contributed by atoms with Gasteiger partial charge >= 0.3 is 0 Å². The molecule has 2 N–H and O–H groups in total. The summed E-state index contributed by atoms with van der Waals surface area (Å²) in [4.78, 5) is 15.2. The molecule has 0 atom stereocenters. The number of amides is 1. The Kier molecular flexibility index (Phi) is 8.34. The third kappa shape index (κ3) is 6.66. The Labute approximate surface area is 218 Å². The summed E-state index contributed by atoms with van der Waals surface area (Å²) in [5.41, 5.74) is 4.64. The Bertz CT molecular complexity index is 1350. The summed E-state index contributed by atoms with van der Waals surface area (Å²) in [5, 5.41) is 2.95. The molecule has 1 heterocycles. The zero-order valence-corrected chi connectivity index (χ0v) is 22.3. The van der Waals surface area contributed by atoms with Crippen LogP contribution in [0.5, 0.6) is 0 Å². The second-order valence-corrected chi connectivity index (χ2v) is 11.5. The van der Waals surface area contributed by atoms with Crippen LogP contribution in [0.1, 0.15) is 51.9 Å². The zero-order chi connectivity index (χ0) is 25.7. The maximum Gasteiger partial charge on any atom is 0.263 e. The van der Waals surface area contributed by atoms with Gasteiger partial charge in [-0.05, 0) is 86.3 Å². The molecular weight excluding hydrogens is 494 g/mol. The van der Waals surface area contributed by atoms with E-state index in [1.54, 1.807) is 6.07 Å². The molecular formula is C28H32ClN3O3S. The Morgan fingerprint density at radius 3 is 2.47 bits per heavy atom. The van der Waals surface area contributed by atoms with Crippen molar-refractivity contribution in [2.45, 2.75) is 51.1 Å². The van der Waals surface area contributed by atoms with Crippen LogP contribution in [0.25, 0.3) is 0 Å². The van der Waals surface area contributed by atoms with Crippen LogP contribution < -0.4 is 10.0 Å². The van der Waals surface area contributed by atoms with Crippen LogP contribution in [0.4, 0.5) is 5.69 Å². The molecule has 0 aliphatic carbocycles. The average Bonchev–Trinajstić information content (AvgIpc) is 2.85. The molecule has 0 unspecified atom stereocenters. The van der Waals surface area contributed by atoms with Crippen LogP contribution in [-0.2, 0) is 23.1 Å². The van der Waals surface area contributed by atoms with Gasteiger partial charge in [0.25, 0.3) is 15.9 Å². The molecule has 36 heavy (non-hydrogen) atoms. The van der Waals surface area contributed by atoms with E-state index in [4.69, 9.17) is 11.6 Å². The largest absolute Gasteiger partial charge is 0.348 e. The smallest absolute Gasteiger partial charge is 0.263 e. The van der Waals surface area contributed by atoms with E-state index in [2.05, 4.69) is 27.1 Å². The van der Waals surface area contributed by atoms with Crippen molar-refractivity contribution < 1.29 is 13.2 Å². The minimum Gasteiger partial charge on any atom is -0.348 e. The van der Waals surface area contributed by atoms with Crippen LogP contribution in [0.3, 0.4) is 0 Å². The van der Waals surface area contributed by atoms with E-state index in [0.717, 1.165) is 36.3 Å². The van der Waals surface area contributed by atoms with Crippen LogP contribution in [0, 0.1) is 13.8 Å². The molecule has 0 radical (unpaired) electrons. The van der Waals surface area contributed by atoms with Gasteiger partial charge in [0.2, 0.25) is 0 Å². The molecule has 1 amide bonds. The summed E-state index contributed by atoms with van der Waals surface area (Å²) in [6, 6.07) is 18.0. The topological polar surface area (TPSA) is 78.5 Å². The van der Waals surface area contributed by atoms with Crippen molar-refractivity contribution in [3.63, 3.8) is 0 Å². The molecule has 3 aromatic carbocycles. The first kappa shape index (κ1) is 26.2. The van der Waals surface area contributed by atoms with E-state index < -0.39 is 10.0 Å². The van der Waals surface area contributed by atoms with E-state index in [1.807, 2.05) is 38.1 Å². The van der Waals surface area contributed by atoms with Gasteiger partial charge in [-0.3, -0.25) is 14.4 Å². The monoisotopic (exact) mass is 525 g/mol. The fourth-order valence-corrected chi connectivity index (χ4v) is 6.04. The molecule has 8 heteroatoms. The fourth-order valence-electron chi connectivity index (χ4n) is 4.39. The number of likely N-dealkylation sites (tertiary alicyclic amines) is 1. The van der Waals surface area contributed by atoms with Crippen LogP contribution in [0.2, 0.25) is 5.02 Å². The van der Waals surface area contributed by atoms with Crippen LogP contribution in [0.15, 0.2) is 65.6 Å². The number of sulfonamides is 1. The highest BCUT2D eigenvalue weighted by atomic mass is 35.5. The Morgan fingerprint density at radius 1 is 0.944 bits per heavy atom. The third-order valence-corrected chi connectivity index (χ3v) is 8.27. The summed E-state index contributed by atoms with van der Waals surface area (Å²) >= 11 is 6.24. The van der Waals surface area contributed by atoms with Gasteiger partial charge in [-0.1, -0.05) is 54.4 Å². The molecule has 0 spiro atoms. The Balaban J connectivity index is 1.44. The van der Waals surface area contributed by atoms with Crippen molar-refractivity contribution in [2.24, 2.45) is 0 Å².